The number of aromatic hydroxyl groups is 2. The van der Waals surface area contributed by atoms with Gasteiger partial charge in [0.1, 0.15) is 43.2 Å². The van der Waals surface area contributed by atoms with Crippen molar-refractivity contribution < 1.29 is 67.0 Å². The Labute approximate surface area is 290 Å². The van der Waals surface area contributed by atoms with Crippen LogP contribution in [-0.2, 0) is 40.5 Å². The highest BCUT2D eigenvalue weighted by atomic mass is 32.2. The number of fused-ring (bicyclic) bond motifs is 2. The number of nitro groups is 1. The zero-order valence-corrected chi connectivity index (χ0v) is 28.3. The van der Waals surface area contributed by atoms with Crippen LogP contribution in [0.25, 0.3) is 21.5 Å². The third-order valence-electron chi connectivity index (χ3n) is 7.05. The van der Waals surface area contributed by atoms with Crippen molar-refractivity contribution in [2.45, 2.75) is 19.6 Å². The van der Waals surface area contributed by atoms with E-state index in [1.165, 1.54) is 0 Å². The quantitative estimate of drug-likeness (QED) is 0.0349. The first kappa shape index (κ1) is 37.5. The largest absolute Gasteiger partial charge is 0.507 e. The molecule has 22 nitrogen and oxygen atoms in total. The summed E-state index contributed by atoms with van der Waals surface area (Å²) in [7, 11) is -20.6. The molecule has 0 fully saturated rings. The van der Waals surface area contributed by atoms with Crippen LogP contribution in [0.15, 0.2) is 101 Å². The standard InChI is InChI=1S/C26H18N6O16S4/c27-24-19(31-30-18-6-2-13-15(26(18)52(46,47)48)8-12(9-20(13)33)49(37,38)39)10-21(50(40,41)42)14-3-5-17(25(34)23(14)24)29-28-16-4-1-11(32(35)36)7-22(16)51(43,44)45/h1-10,33-34H,27H2,(H,37,38,39)(H,40,41,42)(H,43,44,45)(H,46,47,48)/b29-28+,31-30+. The maximum atomic E-state index is 12.4. The highest BCUT2D eigenvalue weighted by molar-refractivity contribution is 7.87. The van der Waals surface area contributed by atoms with Gasteiger partial charge in [0.05, 0.1) is 20.9 Å². The van der Waals surface area contributed by atoms with Gasteiger partial charge in [-0.2, -0.15) is 33.7 Å². The third-order valence-corrected chi connectivity index (χ3v) is 10.6. The number of nitrogens with zero attached hydrogens (tertiary/aromatic N) is 5. The van der Waals surface area contributed by atoms with E-state index in [9.17, 15) is 72.2 Å². The Morgan fingerprint density at radius 2 is 1.12 bits per heavy atom. The number of nitrogen functional groups attached to an aromatic ring is 1. The summed E-state index contributed by atoms with van der Waals surface area (Å²) in [5, 5.41) is 45.1. The molecule has 5 aromatic carbocycles. The highest BCUT2D eigenvalue weighted by Crippen LogP contribution is 2.46. The molecule has 272 valence electrons. The summed E-state index contributed by atoms with van der Waals surface area (Å²) < 4.78 is 136. The SMILES string of the molecule is Nc1c(/N=N/c2ccc3c(O)cc(S(=O)(=O)O)cc3c2S(=O)(=O)O)cc(S(=O)(=O)O)c2ccc(/N=N/c3ccc([N+](=O)[O-])cc3S(=O)(=O)O)c(O)c12. The zero-order chi connectivity index (χ0) is 38.7. The molecule has 0 saturated carbocycles. The van der Waals surface area contributed by atoms with Crippen LogP contribution >= 0.6 is 0 Å². The average molecular weight is 799 g/mol. The van der Waals surface area contributed by atoms with Crippen LogP contribution in [0.1, 0.15) is 0 Å². The predicted octanol–water partition coefficient (Wildman–Crippen LogP) is 4.71. The predicted molar refractivity (Wildman–Crippen MR) is 176 cm³/mol. The van der Waals surface area contributed by atoms with Crippen molar-refractivity contribution in [3.63, 3.8) is 0 Å². The molecule has 8 N–H and O–H groups in total. The third kappa shape index (κ3) is 7.20. The molecule has 5 rings (SSSR count). The van der Waals surface area contributed by atoms with E-state index < -0.39 is 127 Å². The van der Waals surface area contributed by atoms with Crippen molar-refractivity contribution in [1.82, 2.24) is 0 Å². The first-order valence-corrected chi connectivity index (χ1v) is 19.1. The molecular formula is C26H18N6O16S4. The number of nitro benzene ring substituents is 1. The molecule has 0 bridgehead atoms. The number of phenols is 2. The Balaban J connectivity index is 1.73. The minimum Gasteiger partial charge on any atom is -0.507 e. The van der Waals surface area contributed by atoms with Crippen LogP contribution in [0.4, 0.5) is 34.1 Å². The fourth-order valence-electron chi connectivity index (χ4n) is 4.81. The number of nitrogens with two attached hydrogens (primary N) is 1. The molecule has 0 aliphatic heterocycles. The van der Waals surface area contributed by atoms with Gasteiger partial charge in [0.25, 0.3) is 46.2 Å². The van der Waals surface area contributed by atoms with Gasteiger partial charge >= 0.3 is 0 Å². The molecule has 0 heterocycles. The lowest BCUT2D eigenvalue weighted by molar-refractivity contribution is -0.385. The molecule has 0 radical (unpaired) electrons. The van der Waals surface area contributed by atoms with E-state index in [0.29, 0.717) is 24.3 Å². The minimum atomic E-state index is -5.34. The van der Waals surface area contributed by atoms with E-state index in [-0.39, 0.29) is 5.39 Å². The van der Waals surface area contributed by atoms with Gasteiger partial charge in [0, 0.05) is 34.4 Å². The number of azo groups is 2. The monoisotopic (exact) mass is 798 g/mol. The van der Waals surface area contributed by atoms with Crippen LogP contribution < -0.4 is 5.73 Å². The van der Waals surface area contributed by atoms with Gasteiger partial charge in [-0.15, -0.1) is 20.5 Å². The summed E-state index contributed by atoms with van der Waals surface area (Å²) in [6, 6.07) is 7.80. The van der Waals surface area contributed by atoms with Gasteiger partial charge < -0.3 is 15.9 Å². The Kier molecular flexibility index (Phi) is 9.23. The Morgan fingerprint density at radius 3 is 1.69 bits per heavy atom. The minimum absolute atomic E-state index is 0.332. The molecule has 0 atom stereocenters. The first-order chi connectivity index (χ1) is 23.9. The van der Waals surface area contributed by atoms with Crippen LogP contribution in [0.2, 0.25) is 0 Å². The summed E-state index contributed by atoms with van der Waals surface area (Å²) in [5.74, 6) is -1.80. The van der Waals surface area contributed by atoms with Gasteiger partial charge in [0.15, 0.2) is 5.75 Å². The number of rotatable bonds is 9. The fourth-order valence-corrected chi connectivity index (χ4v) is 7.51. The lowest BCUT2D eigenvalue weighted by Crippen LogP contribution is -2.03. The van der Waals surface area contributed by atoms with Crippen molar-refractivity contribution in [2.24, 2.45) is 20.5 Å². The van der Waals surface area contributed by atoms with Gasteiger partial charge in [-0.1, -0.05) is 6.07 Å². The number of benzene rings is 5. The van der Waals surface area contributed by atoms with E-state index in [1.807, 2.05) is 0 Å². The maximum absolute atomic E-state index is 12.4. The second-order valence-corrected chi connectivity index (χ2v) is 15.9. The van der Waals surface area contributed by atoms with Gasteiger partial charge in [-0.25, -0.2) is 0 Å². The molecular weight excluding hydrogens is 781 g/mol. The van der Waals surface area contributed by atoms with Gasteiger partial charge in [0.2, 0.25) is 0 Å². The molecule has 0 unspecified atom stereocenters. The second-order valence-electron chi connectivity index (χ2n) is 10.3. The molecule has 0 amide bonds. The molecule has 26 heteroatoms. The van der Waals surface area contributed by atoms with Crippen molar-refractivity contribution in [3.05, 3.63) is 70.8 Å². The van der Waals surface area contributed by atoms with E-state index in [1.54, 1.807) is 0 Å². The number of anilines is 1. The smallest absolute Gasteiger partial charge is 0.297 e. The summed E-state index contributed by atoms with van der Waals surface area (Å²) in [6.07, 6.45) is 0. The van der Waals surface area contributed by atoms with E-state index in [0.717, 1.165) is 36.4 Å². The number of phenolic OH excluding ortho intramolecular Hbond substituents is 2. The van der Waals surface area contributed by atoms with Gasteiger partial charge in [-0.3, -0.25) is 28.3 Å². The van der Waals surface area contributed by atoms with E-state index >= 15 is 0 Å². The Morgan fingerprint density at radius 1 is 0.577 bits per heavy atom. The lowest BCUT2D eigenvalue weighted by Gasteiger charge is -2.12. The van der Waals surface area contributed by atoms with E-state index in [2.05, 4.69) is 20.5 Å². The normalized spacial score (nSPS) is 13.1. The first-order valence-electron chi connectivity index (χ1n) is 13.3. The van der Waals surface area contributed by atoms with Crippen molar-refractivity contribution >= 4 is 96.1 Å². The average Bonchev–Trinajstić information content (AvgIpc) is 3.01. The Hall–Kier alpha value is -5.74. The molecule has 0 aliphatic carbocycles. The lowest BCUT2D eigenvalue weighted by atomic mass is 10.1. The number of hydrogen-bond acceptors (Lipinski definition) is 17. The summed E-state index contributed by atoms with van der Waals surface area (Å²) in [5.41, 5.74) is 2.22. The summed E-state index contributed by atoms with van der Waals surface area (Å²) in [6.45, 7) is 0. The van der Waals surface area contributed by atoms with E-state index in [4.69, 9.17) is 5.73 Å². The van der Waals surface area contributed by atoms with Crippen molar-refractivity contribution in [2.75, 3.05) is 5.73 Å². The van der Waals surface area contributed by atoms with Crippen LogP contribution in [0, 0.1) is 10.1 Å². The Bertz CT molecular complexity index is 2910. The summed E-state index contributed by atoms with van der Waals surface area (Å²) in [4.78, 5) is 6.03. The van der Waals surface area contributed by atoms with Crippen molar-refractivity contribution in [3.8, 4) is 11.5 Å². The molecule has 0 aliphatic rings. The molecule has 0 spiro atoms. The van der Waals surface area contributed by atoms with Gasteiger partial charge in [-0.05, 0) is 36.4 Å². The summed E-state index contributed by atoms with van der Waals surface area (Å²) >= 11 is 0. The topological polar surface area (TPSA) is 377 Å². The second kappa shape index (κ2) is 12.8. The highest BCUT2D eigenvalue weighted by Gasteiger charge is 2.26. The molecule has 5 aromatic rings. The van der Waals surface area contributed by atoms with Crippen LogP contribution in [0.3, 0.4) is 0 Å². The zero-order valence-electron chi connectivity index (χ0n) is 25.0. The number of hydrogen-bond donors (Lipinski definition) is 7. The molecule has 0 saturated heterocycles. The maximum Gasteiger partial charge on any atom is 0.297 e. The van der Waals surface area contributed by atoms with Crippen LogP contribution in [0.5, 0.6) is 11.5 Å². The molecule has 52 heavy (non-hydrogen) atoms. The van der Waals surface area contributed by atoms with Crippen LogP contribution in [-0.4, -0.2) is 67.0 Å². The van der Waals surface area contributed by atoms with Crippen molar-refractivity contribution in [1.29, 1.82) is 0 Å². The number of non-ortho nitro benzene ring substituents is 1. The fraction of sp³-hybridized carbons (Fsp3) is 0. The molecule has 0 aromatic heterocycles.